The van der Waals surface area contributed by atoms with Gasteiger partial charge in [-0.05, 0) is 98.5 Å². The molecule has 0 aliphatic carbocycles. The number of benzene rings is 2. The molecule has 4 amide bonds. The van der Waals surface area contributed by atoms with Crippen LogP contribution in [0.2, 0.25) is 0 Å². The number of amides is 4. The van der Waals surface area contributed by atoms with Gasteiger partial charge in [-0.1, -0.05) is 64.6 Å². The van der Waals surface area contributed by atoms with Crippen LogP contribution in [0.1, 0.15) is 90.7 Å². The number of nitrogens with zero attached hydrogens (tertiary/aromatic N) is 5. The summed E-state index contributed by atoms with van der Waals surface area (Å²) in [4.78, 5) is 78.2. The first-order chi connectivity index (χ1) is 31.9. The van der Waals surface area contributed by atoms with E-state index in [9.17, 15) is 24.0 Å². The molecule has 1 unspecified atom stereocenters. The second-order valence-corrected chi connectivity index (χ2v) is 20.0. The van der Waals surface area contributed by atoms with Crippen LogP contribution in [-0.4, -0.2) is 117 Å². The highest BCUT2D eigenvalue weighted by atomic mass is 16.5. The molecule has 15 heteroatoms. The summed E-state index contributed by atoms with van der Waals surface area (Å²) in [6, 6.07) is 16.5. The van der Waals surface area contributed by atoms with Gasteiger partial charge in [-0.15, -0.1) is 0 Å². The van der Waals surface area contributed by atoms with Crippen LogP contribution in [0.4, 0.5) is 0 Å². The third-order valence-corrected chi connectivity index (χ3v) is 14.1. The number of aromatic nitrogens is 2. The SMILES string of the molecule is C=CC(=O)N1CCC2(C1)OCN([C@H](C(=O)N[C@H]1Cc3cccc(c3)-c3ccc4c(c3)c(c(-c3cccnc3[C@H](C)OC)n4CC)CC(C)(C)COC(=O)[C@@]3(C)CCCN(N3)C1=O)C(C)C)C2=O. The molecule has 356 valence electrons. The molecule has 5 atom stereocenters. The Kier molecular flexibility index (Phi) is 13.2. The van der Waals surface area contributed by atoms with Crippen LogP contribution < -0.4 is 10.7 Å². The van der Waals surface area contributed by atoms with E-state index in [1.807, 2.05) is 45.0 Å². The summed E-state index contributed by atoms with van der Waals surface area (Å²) in [5.41, 5.74) is 7.94. The first-order valence-electron chi connectivity index (χ1n) is 23.6. The first-order valence-corrected chi connectivity index (χ1v) is 23.6. The summed E-state index contributed by atoms with van der Waals surface area (Å²) in [5, 5.41) is 5.57. The van der Waals surface area contributed by atoms with Crippen molar-refractivity contribution < 1.29 is 38.2 Å². The number of carbonyl (C=O) groups is 5. The Morgan fingerprint density at radius 2 is 1.81 bits per heavy atom. The van der Waals surface area contributed by atoms with Crippen molar-refractivity contribution in [2.75, 3.05) is 40.1 Å². The molecule has 15 nitrogen and oxygen atoms in total. The molecule has 4 aliphatic rings. The highest BCUT2D eigenvalue weighted by Crippen LogP contribution is 2.42. The maximum Gasteiger partial charge on any atom is 0.327 e. The number of fused-ring (bicyclic) bond motifs is 6. The average Bonchev–Trinajstić information content (AvgIpc) is 3.99. The lowest BCUT2D eigenvalue weighted by atomic mass is 9.84. The third-order valence-electron chi connectivity index (χ3n) is 14.1. The van der Waals surface area contributed by atoms with Gasteiger partial charge in [0.1, 0.15) is 24.4 Å². The topological polar surface area (TPSA) is 165 Å². The summed E-state index contributed by atoms with van der Waals surface area (Å²) in [7, 11) is 1.69. The van der Waals surface area contributed by atoms with Gasteiger partial charge in [0.25, 0.3) is 11.8 Å². The first kappa shape index (κ1) is 47.6. The summed E-state index contributed by atoms with van der Waals surface area (Å²) in [6.45, 7) is 18.7. The maximum atomic E-state index is 14.9. The smallest absolute Gasteiger partial charge is 0.327 e. The molecule has 4 aliphatic heterocycles. The Morgan fingerprint density at radius 1 is 1.03 bits per heavy atom. The van der Waals surface area contributed by atoms with Crippen LogP contribution in [0.5, 0.6) is 0 Å². The fraction of sp³-hybridized carbons (Fsp3) is 0.500. The number of rotatable bonds is 9. The summed E-state index contributed by atoms with van der Waals surface area (Å²) in [5.74, 6) is -2.43. The maximum absolute atomic E-state index is 14.9. The molecule has 6 heterocycles. The van der Waals surface area contributed by atoms with E-state index in [0.29, 0.717) is 45.3 Å². The molecular formula is C52H65N7O8. The number of hydrogen-bond donors (Lipinski definition) is 2. The number of ether oxygens (including phenoxy) is 3. The second-order valence-electron chi connectivity index (χ2n) is 20.0. The molecule has 2 aromatic carbocycles. The van der Waals surface area contributed by atoms with Gasteiger partial charge in [0.2, 0.25) is 11.8 Å². The van der Waals surface area contributed by atoms with E-state index in [1.165, 1.54) is 20.9 Å². The Labute approximate surface area is 393 Å². The molecule has 2 aromatic heterocycles. The number of methoxy groups -OCH3 is 1. The molecule has 0 saturated carbocycles. The van der Waals surface area contributed by atoms with Gasteiger partial charge >= 0.3 is 5.97 Å². The number of nitrogens with one attached hydrogen (secondary N) is 2. The van der Waals surface area contributed by atoms with Crippen molar-refractivity contribution in [3.05, 3.63) is 90.3 Å². The second kappa shape index (κ2) is 18.6. The number of hydrogen-bond acceptors (Lipinski definition) is 10. The van der Waals surface area contributed by atoms with Crippen LogP contribution in [0.15, 0.2) is 73.4 Å². The molecular weight excluding hydrogens is 851 g/mol. The van der Waals surface area contributed by atoms with E-state index >= 15 is 0 Å². The van der Waals surface area contributed by atoms with Crippen molar-refractivity contribution in [3.63, 3.8) is 0 Å². The highest BCUT2D eigenvalue weighted by molar-refractivity contribution is 5.97. The molecule has 3 fully saturated rings. The van der Waals surface area contributed by atoms with Crippen molar-refractivity contribution in [1.82, 2.24) is 35.1 Å². The van der Waals surface area contributed by atoms with E-state index in [0.717, 1.165) is 50.1 Å². The number of aryl methyl sites for hydroxylation is 1. The lowest BCUT2D eigenvalue weighted by Crippen LogP contribution is -2.66. The third kappa shape index (κ3) is 9.00. The van der Waals surface area contributed by atoms with Crippen LogP contribution in [0.3, 0.4) is 0 Å². The predicted molar refractivity (Wildman–Crippen MR) is 254 cm³/mol. The number of carbonyl (C=O) groups excluding carboxylic acids is 5. The standard InChI is InChI=1S/C52H65N7O8/c1-10-42(60)56-24-21-52(29-56)48(63)58(31-67-52)44(32(3)4)46(61)54-40-26-34-15-12-16-35(25-34)36-18-19-41-38(27-36)39(45(57(41)11-2)37-17-13-22-53-43(37)33(5)65-9)28-50(6,7)30-66-49(64)51(8)20-14-23-59(55-51)47(40)62/h10,12-13,15-19,22,25,27,32-33,40,44,55H,1,11,14,20-21,23-24,26,28-31H2,2-9H3,(H,54,61)/t33-,40-,44-,51+,52?/m0/s1. The fourth-order valence-electron chi connectivity index (χ4n) is 10.5. The monoisotopic (exact) mass is 915 g/mol. The van der Waals surface area contributed by atoms with Crippen molar-refractivity contribution in [1.29, 1.82) is 0 Å². The number of likely N-dealkylation sites (tertiary alicyclic amines) is 1. The normalized spacial score (nSPS) is 24.2. The lowest BCUT2D eigenvalue weighted by Gasteiger charge is -2.41. The quantitative estimate of drug-likeness (QED) is 0.147. The van der Waals surface area contributed by atoms with E-state index in [1.54, 1.807) is 20.2 Å². The largest absolute Gasteiger partial charge is 0.464 e. The van der Waals surface area contributed by atoms with Gasteiger partial charge in [0.05, 0.1) is 30.6 Å². The molecule has 3 saturated heterocycles. The summed E-state index contributed by atoms with van der Waals surface area (Å²) < 4.78 is 20.5. The molecule has 4 aromatic rings. The fourth-order valence-corrected chi connectivity index (χ4v) is 10.5. The minimum absolute atomic E-state index is 0.0648. The molecule has 0 radical (unpaired) electrons. The van der Waals surface area contributed by atoms with Gasteiger partial charge in [-0.2, -0.15) is 0 Å². The van der Waals surface area contributed by atoms with Crippen LogP contribution in [0, 0.1) is 11.3 Å². The number of esters is 1. The summed E-state index contributed by atoms with van der Waals surface area (Å²) >= 11 is 0. The molecule has 67 heavy (non-hydrogen) atoms. The number of pyridine rings is 1. The Balaban J connectivity index is 1.20. The Bertz CT molecular complexity index is 2600. The van der Waals surface area contributed by atoms with Gasteiger partial charge < -0.3 is 33.9 Å². The summed E-state index contributed by atoms with van der Waals surface area (Å²) in [6.07, 6.45) is 4.68. The molecule has 1 spiro atoms. The average molecular weight is 916 g/mol. The van der Waals surface area contributed by atoms with Crippen LogP contribution in [0.25, 0.3) is 33.3 Å². The zero-order chi connectivity index (χ0) is 48.0. The minimum Gasteiger partial charge on any atom is -0.464 e. The van der Waals surface area contributed by atoms with Crippen molar-refractivity contribution in [2.45, 2.75) is 116 Å². The van der Waals surface area contributed by atoms with E-state index < -0.39 is 46.4 Å². The van der Waals surface area contributed by atoms with E-state index in [4.69, 9.17) is 19.2 Å². The van der Waals surface area contributed by atoms with Gasteiger partial charge in [-0.25, -0.2) is 10.2 Å². The van der Waals surface area contributed by atoms with Crippen LogP contribution >= 0.6 is 0 Å². The predicted octanol–water partition coefficient (Wildman–Crippen LogP) is 6.13. The minimum atomic E-state index is -1.26. The van der Waals surface area contributed by atoms with Crippen molar-refractivity contribution in [2.24, 2.45) is 11.3 Å². The van der Waals surface area contributed by atoms with Gasteiger partial charge in [0, 0.05) is 67.7 Å². The Hall–Kier alpha value is -5.90. The van der Waals surface area contributed by atoms with Gasteiger partial charge in [0.15, 0.2) is 5.60 Å². The molecule has 2 N–H and O–H groups in total. The number of hydrazine groups is 1. The zero-order valence-electron chi connectivity index (χ0n) is 40.1. The van der Waals surface area contributed by atoms with Crippen LogP contribution in [-0.2, 0) is 57.6 Å². The highest BCUT2D eigenvalue weighted by Gasteiger charge is 2.56. The lowest BCUT2D eigenvalue weighted by molar-refractivity contribution is -0.162. The Morgan fingerprint density at radius 3 is 2.54 bits per heavy atom. The molecule has 6 bridgehead atoms. The van der Waals surface area contributed by atoms with Crippen molar-refractivity contribution >= 4 is 40.5 Å². The number of cyclic esters (lactones) is 1. The zero-order valence-corrected chi connectivity index (χ0v) is 40.1. The van der Waals surface area contributed by atoms with E-state index in [-0.39, 0.29) is 50.1 Å². The van der Waals surface area contributed by atoms with Crippen molar-refractivity contribution in [3.8, 4) is 22.4 Å². The van der Waals surface area contributed by atoms with Gasteiger partial charge in [-0.3, -0.25) is 29.2 Å². The molecule has 8 rings (SSSR count). The van der Waals surface area contributed by atoms with E-state index in [2.05, 4.69) is 73.0 Å².